The highest BCUT2D eigenvalue weighted by atomic mass is 35.5. The molecule has 25 heavy (non-hydrogen) atoms. The molecule has 7 heteroatoms. The van der Waals surface area contributed by atoms with E-state index >= 15 is 0 Å². The van der Waals surface area contributed by atoms with Gasteiger partial charge in [-0.1, -0.05) is 35.3 Å². The van der Waals surface area contributed by atoms with E-state index < -0.39 is 11.4 Å². The average Bonchev–Trinajstić information content (AvgIpc) is 2.53. The maximum absolute atomic E-state index is 12.1. The van der Waals surface area contributed by atoms with E-state index in [1.807, 2.05) is 13.0 Å². The fourth-order valence-electron chi connectivity index (χ4n) is 2.69. The fourth-order valence-corrected chi connectivity index (χ4v) is 3.20. The molecule has 0 aliphatic carbocycles. The van der Waals surface area contributed by atoms with E-state index in [1.165, 1.54) is 4.57 Å². The molecule has 5 nitrogen and oxygen atoms in total. The second kappa shape index (κ2) is 7.33. The lowest BCUT2D eigenvalue weighted by Crippen LogP contribution is -2.26. The Bertz CT molecular complexity index is 1020. The molecule has 3 rings (SSSR count). The number of halogens is 2. The molecule has 0 saturated carbocycles. The van der Waals surface area contributed by atoms with Crippen molar-refractivity contribution in [3.63, 3.8) is 0 Å². The van der Waals surface area contributed by atoms with Crippen LogP contribution in [0.15, 0.2) is 50.4 Å². The normalized spacial score (nSPS) is 11.0. The molecule has 0 unspecified atom stereocenters. The number of fused-ring (bicyclic) bond motifs is 1. The second-order valence-electron chi connectivity index (χ2n) is 5.59. The summed E-state index contributed by atoms with van der Waals surface area (Å²) in [6, 6.07) is 10.2. The molecule has 0 aliphatic rings. The summed E-state index contributed by atoms with van der Waals surface area (Å²) < 4.78 is 11.9. The maximum atomic E-state index is 12.1. The van der Waals surface area contributed by atoms with Crippen molar-refractivity contribution in [1.29, 1.82) is 0 Å². The Hall–Kier alpha value is -2.24. The molecule has 1 heterocycles. The Labute approximate surface area is 153 Å². The second-order valence-corrected chi connectivity index (χ2v) is 6.46. The molecule has 0 fully saturated rings. The number of rotatable bonds is 5. The standard InChI is InChI=1S/C18H15Cl2NO4/c1-11-4-2-5-15-16(11)21(18(23)25-17(15)22)6-3-7-24-14-9-12(19)8-13(20)10-14/h2,4-5,8-10H,3,6-7H2,1H3. The zero-order valence-electron chi connectivity index (χ0n) is 13.4. The maximum Gasteiger partial charge on any atom is 0.422 e. The van der Waals surface area contributed by atoms with Crippen LogP contribution in [0.4, 0.5) is 0 Å². The summed E-state index contributed by atoms with van der Waals surface area (Å²) in [6.07, 6.45) is 0.543. The van der Waals surface area contributed by atoms with Crippen LogP contribution in [0.5, 0.6) is 5.75 Å². The van der Waals surface area contributed by atoms with Gasteiger partial charge in [0.2, 0.25) is 0 Å². The molecule has 0 radical (unpaired) electrons. The molecule has 1 aromatic heterocycles. The molecule has 3 aromatic rings. The molecule has 0 bridgehead atoms. The number of hydrogen-bond acceptors (Lipinski definition) is 4. The lowest BCUT2D eigenvalue weighted by molar-refractivity contribution is 0.296. The van der Waals surface area contributed by atoms with Gasteiger partial charge in [0.05, 0.1) is 17.5 Å². The molecule has 0 aliphatic heterocycles. The molecule has 0 amide bonds. The van der Waals surface area contributed by atoms with E-state index in [-0.39, 0.29) is 0 Å². The van der Waals surface area contributed by atoms with Crippen LogP contribution >= 0.6 is 23.2 Å². The predicted octanol–water partition coefficient (Wildman–Crippen LogP) is 4.04. The number of aromatic nitrogens is 1. The van der Waals surface area contributed by atoms with Crippen LogP contribution in [0.1, 0.15) is 12.0 Å². The van der Waals surface area contributed by atoms with E-state index in [2.05, 4.69) is 0 Å². The van der Waals surface area contributed by atoms with Crippen molar-refractivity contribution in [2.75, 3.05) is 6.61 Å². The molecule has 0 spiro atoms. The van der Waals surface area contributed by atoms with Gasteiger partial charge in [-0.15, -0.1) is 0 Å². The van der Waals surface area contributed by atoms with E-state index in [1.54, 1.807) is 30.3 Å². The third-order valence-corrected chi connectivity index (χ3v) is 4.20. The summed E-state index contributed by atoms with van der Waals surface area (Å²) in [6.45, 7) is 2.57. The lowest BCUT2D eigenvalue weighted by atomic mass is 10.1. The zero-order chi connectivity index (χ0) is 18.0. The van der Waals surface area contributed by atoms with Gasteiger partial charge in [-0.05, 0) is 43.2 Å². The highest BCUT2D eigenvalue weighted by molar-refractivity contribution is 6.34. The fraction of sp³-hybridized carbons (Fsp3) is 0.222. The Balaban J connectivity index is 1.78. The number of para-hydroxylation sites is 1. The summed E-state index contributed by atoms with van der Waals surface area (Å²) in [5.41, 5.74) is 0.810. The van der Waals surface area contributed by atoms with E-state index in [4.69, 9.17) is 32.4 Å². The van der Waals surface area contributed by atoms with Crippen LogP contribution in [-0.4, -0.2) is 11.2 Å². The monoisotopic (exact) mass is 379 g/mol. The molecule has 0 saturated heterocycles. The number of aryl methyl sites for hydroxylation is 2. The van der Waals surface area contributed by atoms with Gasteiger partial charge in [0.25, 0.3) is 0 Å². The SMILES string of the molecule is Cc1cccc2c(=O)oc(=O)n(CCCOc3cc(Cl)cc(Cl)c3)c12. The zero-order valence-corrected chi connectivity index (χ0v) is 14.9. The molecule has 0 N–H and O–H groups in total. The van der Waals surface area contributed by atoms with Crippen molar-refractivity contribution in [2.24, 2.45) is 0 Å². The van der Waals surface area contributed by atoms with Crippen molar-refractivity contribution in [2.45, 2.75) is 19.9 Å². The molecular formula is C18H15Cl2NO4. The molecule has 130 valence electrons. The topological polar surface area (TPSA) is 61.4 Å². The first-order valence-electron chi connectivity index (χ1n) is 7.68. The van der Waals surface area contributed by atoms with Crippen molar-refractivity contribution >= 4 is 34.1 Å². The van der Waals surface area contributed by atoms with Gasteiger partial charge < -0.3 is 9.15 Å². The highest BCUT2D eigenvalue weighted by Gasteiger charge is 2.11. The van der Waals surface area contributed by atoms with Crippen molar-refractivity contribution in [3.8, 4) is 5.75 Å². The molecule has 2 aromatic carbocycles. The van der Waals surface area contributed by atoms with Crippen LogP contribution in [0.2, 0.25) is 10.0 Å². The summed E-state index contributed by atoms with van der Waals surface area (Å²) >= 11 is 11.9. The van der Waals surface area contributed by atoms with Gasteiger partial charge in [-0.2, -0.15) is 0 Å². The third-order valence-electron chi connectivity index (χ3n) is 3.76. The highest BCUT2D eigenvalue weighted by Crippen LogP contribution is 2.24. The minimum atomic E-state index is -0.669. The number of hydrogen-bond donors (Lipinski definition) is 0. The van der Waals surface area contributed by atoms with Gasteiger partial charge in [0.1, 0.15) is 5.75 Å². The quantitative estimate of drug-likeness (QED) is 0.627. The number of ether oxygens (including phenoxy) is 1. The Morgan fingerprint density at radius 1 is 1.12 bits per heavy atom. The van der Waals surface area contributed by atoms with Gasteiger partial charge in [0.15, 0.2) is 0 Å². The Kier molecular flexibility index (Phi) is 5.16. The Morgan fingerprint density at radius 2 is 1.84 bits per heavy atom. The van der Waals surface area contributed by atoms with Crippen molar-refractivity contribution in [3.05, 3.63) is 73.0 Å². The number of benzene rings is 2. The summed E-state index contributed by atoms with van der Waals surface area (Å²) in [4.78, 5) is 23.9. The Morgan fingerprint density at radius 3 is 2.56 bits per heavy atom. The lowest BCUT2D eigenvalue weighted by Gasteiger charge is -2.11. The third kappa shape index (κ3) is 3.89. The van der Waals surface area contributed by atoms with Gasteiger partial charge in [0, 0.05) is 16.6 Å². The number of nitrogens with zero attached hydrogens (tertiary/aromatic N) is 1. The van der Waals surface area contributed by atoms with Crippen molar-refractivity contribution < 1.29 is 9.15 Å². The minimum absolute atomic E-state index is 0.357. The minimum Gasteiger partial charge on any atom is -0.493 e. The van der Waals surface area contributed by atoms with Crippen LogP contribution < -0.4 is 16.1 Å². The predicted molar refractivity (Wildman–Crippen MR) is 98.1 cm³/mol. The van der Waals surface area contributed by atoms with Crippen LogP contribution in [-0.2, 0) is 6.54 Å². The van der Waals surface area contributed by atoms with Crippen LogP contribution in [0.3, 0.4) is 0 Å². The summed E-state index contributed by atoms with van der Waals surface area (Å²) in [7, 11) is 0. The van der Waals surface area contributed by atoms with E-state index in [0.717, 1.165) is 5.56 Å². The van der Waals surface area contributed by atoms with Crippen LogP contribution in [0.25, 0.3) is 10.9 Å². The van der Waals surface area contributed by atoms with Gasteiger partial charge >= 0.3 is 11.4 Å². The molecular weight excluding hydrogens is 365 g/mol. The largest absolute Gasteiger partial charge is 0.493 e. The summed E-state index contributed by atoms with van der Waals surface area (Å²) in [5, 5.41) is 1.37. The van der Waals surface area contributed by atoms with Gasteiger partial charge in [-0.25, -0.2) is 9.59 Å². The van der Waals surface area contributed by atoms with Crippen molar-refractivity contribution in [1.82, 2.24) is 4.57 Å². The first kappa shape index (κ1) is 17.6. The molecule has 0 atom stereocenters. The average molecular weight is 380 g/mol. The van der Waals surface area contributed by atoms with Gasteiger partial charge in [-0.3, -0.25) is 4.57 Å². The first-order valence-corrected chi connectivity index (χ1v) is 8.43. The first-order chi connectivity index (χ1) is 12.0. The smallest absolute Gasteiger partial charge is 0.422 e. The van der Waals surface area contributed by atoms with Crippen LogP contribution in [0, 0.1) is 6.92 Å². The summed E-state index contributed by atoms with van der Waals surface area (Å²) in [5.74, 6) is -0.108. The van der Waals surface area contributed by atoms with E-state index in [0.29, 0.717) is 46.3 Å². The van der Waals surface area contributed by atoms with E-state index in [9.17, 15) is 9.59 Å².